The number of nitrogens with one attached hydrogen (secondary N) is 1. The molecule has 0 spiro atoms. The number of benzene rings is 3. The van der Waals surface area contributed by atoms with Crippen LogP contribution in [0.25, 0.3) is 5.57 Å². The first kappa shape index (κ1) is 21.8. The van der Waals surface area contributed by atoms with Gasteiger partial charge in [-0.1, -0.05) is 85.6 Å². The van der Waals surface area contributed by atoms with Crippen LogP contribution < -0.4 is 5.32 Å². The van der Waals surface area contributed by atoms with Crippen molar-refractivity contribution in [3.63, 3.8) is 0 Å². The van der Waals surface area contributed by atoms with Crippen molar-refractivity contribution in [3.05, 3.63) is 106 Å². The first-order chi connectivity index (χ1) is 15.3. The molecule has 1 aliphatic heterocycles. The summed E-state index contributed by atoms with van der Waals surface area (Å²) >= 11 is 6.30. The van der Waals surface area contributed by atoms with Crippen molar-refractivity contribution >= 4 is 34.7 Å². The highest BCUT2D eigenvalue weighted by Gasteiger charge is 2.39. The predicted molar refractivity (Wildman–Crippen MR) is 129 cm³/mol. The molecular formula is C27H25ClN2O2. The molecule has 2 amide bonds. The molecule has 0 unspecified atom stereocenters. The fourth-order valence-corrected chi connectivity index (χ4v) is 3.91. The summed E-state index contributed by atoms with van der Waals surface area (Å²) in [6, 6.07) is 22.8. The van der Waals surface area contributed by atoms with E-state index < -0.39 is 0 Å². The summed E-state index contributed by atoms with van der Waals surface area (Å²) in [5.74, 6) is -0.286. The number of carbonyl (C=O) groups is 2. The SMILES string of the molecule is Cc1ccc(C2=C(Nc3ccc(C(C)C)cc3)C(=O)N(Cc3ccccc3Cl)C2=O)cc1. The van der Waals surface area contributed by atoms with Crippen molar-refractivity contribution in [1.82, 2.24) is 4.90 Å². The summed E-state index contributed by atoms with van der Waals surface area (Å²) in [6.45, 7) is 6.36. The van der Waals surface area contributed by atoms with Crippen LogP contribution in [0.1, 0.15) is 42.0 Å². The van der Waals surface area contributed by atoms with Gasteiger partial charge in [-0.3, -0.25) is 14.5 Å². The zero-order valence-corrected chi connectivity index (χ0v) is 19.1. The lowest BCUT2D eigenvalue weighted by Crippen LogP contribution is -2.32. The standard InChI is InChI=1S/C27H25ClN2O2/c1-17(2)19-12-14-22(15-13-19)29-25-24(20-10-8-18(3)9-11-20)26(31)30(27(25)32)16-21-6-4-5-7-23(21)28/h4-15,17,29H,16H2,1-3H3. The van der Waals surface area contributed by atoms with Gasteiger partial charge in [-0.05, 0) is 47.7 Å². The Labute approximate surface area is 193 Å². The quantitative estimate of drug-likeness (QED) is 0.463. The lowest BCUT2D eigenvalue weighted by atomic mass is 10.0. The van der Waals surface area contributed by atoms with Crippen LogP contribution in [-0.4, -0.2) is 16.7 Å². The summed E-state index contributed by atoms with van der Waals surface area (Å²) < 4.78 is 0. The molecule has 0 bridgehead atoms. The molecule has 0 saturated carbocycles. The van der Waals surface area contributed by atoms with E-state index in [0.29, 0.717) is 22.1 Å². The molecule has 32 heavy (non-hydrogen) atoms. The molecule has 3 aromatic rings. The summed E-state index contributed by atoms with van der Waals surface area (Å²) in [4.78, 5) is 28.1. The summed E-state index contributed by atoms with van der Waals surface area (Å²) in [5, 5.41) is 3.74. The van der Waals surface area contributed by atoms with Gasteiger partial charge in [0.15, 0.2) is 0 Å². The van der Waals surface area contributed by atoms with Crippen molar-refractivity contribution in [1.29, 1.82) is 0 Å². The van der Waals surface area contributed by atoms with Crippen molar-refractivity contribution < 1.29 is 9.59 Å². The number of hydrogen-bond donors (Lipinski definition) is 1. The molecular weight excluding hydrogens is 420 g/mol. The molecule has 0 fully saturated rings. The third kappa shape index (κ3) is 4.32. The smallest absolute Gasteiger partial charge is 0.278 e. The van der Waals surface area contributed by atoms with Gasteiger partial charge in [-0.2, -0.15) is 0 Å². The third-order valence-electron chi connectivity index (χ3n) is 5.64. The van der Waals surface area contributed by atoms with E-state index in [9.17, 15) is 9.59 Å². The second-order valence-corrected chi connectivity index (χ2v) is 8.71. The van der Waals surface area contributed by atoms with Gasteiger partial charge in [-0.15, -0.1) is 0 Å². The lowest BCUT2D eigenvalue weighted by molar-refractivity contribution is -0.137. The first-order valence-electron chi connectivity index (χ1n) is 10.6. The molecule has 0 radical (unpaired) electrons. The molecule has 0 saturated heterocycles. The second kappa shape index (κ2) is 9.01. The zero-order chi connectivity index (χ0) is 22.8. The lowest BCUT2D eigenvalue weighted by Gasteiger charge is -2.16. The van der Waals surface area contributed by atoms with Gasteiger partial charge in [0.1, 0.15) is 5.70 Å². The molecule has 1 aliphatic rings. The highest BCUT2D eigenvalue weighted by Crippen LogP contribution is 2.32. The van der Waals surface area contributed by atoms with Gasteiger partial charge in [0.05, 0.1) is 12.1 Å². The van der Waals surface area contributed by atoms with Crippen molar-refractivity contribution in [2.24, 2.45) is 0 Å². The van der Waals surface area contributed by atoms with Gasteiger partial charge in [0.25, 0.3) is 11.8 Å². The topological polar surface area (TPSA) is 49.4 Å². The normalized spacial score (nSPS) is 14.0. The van der Waals surface area contributed by atoms with Crippen LogP contribution in [0.2, 0.25) is 5.02 Å². The van der Waals surface area contributed by atoms with E-state index in [1.807, 2.05) is 73.7 Å². The van der Waals surface area contributed by atoms with Gasteiger partial charge in [0.2, 0.25) is 0 Å². The van der Waals surface area contributed by atoms with E-state index in [2.05, 4.69) is 19.2 Å². The first-order valence-corrected chi connectivity index (χ1v) is 11.0. The van der Waals surface area contributed by atoms with E-state index >= 15 is 0 Å². The van der Waals surface area contributed by atoms with E-state index in [-0.39, 0.29) is 24.1 Å². The number of imide groups is 1. The fourth-order valence-electron chi connectivity index (χ4n) is 3.72. The van der Waals surface area contributed by atoms with Crippen molar-refractivity contribution in [2.75, 3.05) is 5.32 Å². The molecule has 0 aliphatic carbocycles. The number of nitrogens with zero attached hydrogens (tertiary/aromatic N) is 1. The zero-order valence-electron chi connectivity index (χ0n) is 18.4. The van der Waals surface area contributed by atoms with Gasteiger partial charge >= 0.3 is 0 Å². The molecule has 4 nitrogen and oxygen atoms in total. The van der Waals surface area contributed by atoms with E-state index in [1.165, 1.54) is 10.5 Å². The largest absolute Gasteiger partial charge is 0.350 e. The molecule has 1 N–H and O–H groups in total. The Hall–Kier alpha value is -3.37. The maximum absolute atomic E-state index is 13.4. The van der Waals surface area contributed by atoms with Crippen LogP contribution in [0, 0.1) is 6.92 Å². The summed E-state index contributed by atoms with van der Waals surface area (Å²) in [7, 11) is 0. The average Bonchev–Trinajstić information content (AvgIpc) is 3.00. The molecule has 5 heteroatoms. The maximum atomic E-state index is 13.4. The Morgan fingerprint density at radius 3 is 2.16 bits per heavy atom. The van der Waals surface area contributed by atoms with Crippen LogP contribution in [0.3, 0.4) is 0 Å². The van der Waals surface area contributed by atoms with Gasteiger partial charge in [-0.25, -0.2) is 0 Å². The average molecular weight is 445 g/mol. The molecule has 0 atom stereocenters. The Morgan fingerprint density at radius 2 is 1.53 bits per heavy atom. The molecule has 4 rings (SSSR count). The number of rotatable bonds is 6. The van der Waals surface area contributed by atoms with Crippen LogP contribution in [-0.2, 0) is 16.1 Å². The maximum Gasteiger partial charge on any atom is 0.278 e. The fraction of sp³-hybridized carbons (Fsp3) is 0.185. The Morgan fingerprint density at radius 1 is 0.875 bits per heavy atom. The van der Waals surface area contributed by atoms with E-state index in [1.54, 1.807) is 6.07 Å². The van der Waals surface area contributed by atoms with E-state index in [4.69, 9.17) is 11.6 Å². The number of anilines is 1. The Bertz CT molecular complexity index is 1200. The Balaban J connectivity index is 1.72. The number of halogens is 1. The monoisotopic (exact) mass is 444 g/mol. The van der Waals surface area contributed by atoms with Crippen LogP contribution >= 0.6 is 11.6 Å². The summed E-state index contributed by atoms with van der Waals surface area (Å²) in [6.07, 6.45) is 0. The highest BCUT2D eigenvalue weighted by atomic mass is 35.5. The third-order valence-corrected chi connectivity index (χ3v) is 6.01. The number of aryl methyl sites for hydroxylation is 1. The molecule has 3 aromatic carbocycles. The Kier molecular flexibility index (Phi) is 6.15. The number of carbonyl (C=O) groups excluding carboxylic acids is 2. The molecule has 1 heterocycles. The minimum Gasteiger partial charge on any atom is -0.350 e. The van der Waals surface area contributed by atoms with E-state index in [0.717, 1.165) is 16.8 Å². The minimum absolute atomic E-state index is 0.115. The van der Waals surface area contributed by atoms with Gasteiger partial charge < -0.3 is 5.32 Å². The van der Waals surface area contributed by atoms with Crippen molar-refractivity contribution in [2.45, 2.75) is 33.2 Å². The number of hydrogen-bond acceptors (Lipinski definition) is 3. The number of amides is 2. The summed E-state index contributed by atoms with van der Waals surface area (Å²) in [5.41, 5.74) is 5.13. The van der Waals surface area contributed by atoms with Crippen LogP contribution in [0.5, 0.6) is 0 Å². The second-order valence-electron chi connectivity index (χ2n) is 8.31. The van der Waals surface area contributed by atoms with Gasteiger partial charge in [0, 0.05) is 10.7 Å². The van der Waals surface area contributed by atoms with Crippen molar-refractivity contribution in [3.8, 4) is 0 Å². The minimum atomic E-state index is -0.363. The van der Waals surface area contributed by atoms with Crippen LogP contribution in [0.4, 0.5) is 5.69 Å². The molecule has 0 aromatic heterocycles. The molecule has 162 valence electrons. The highest BCUT2D eigenvalue weighted by molar-refractivity contribution is 6.36. The predicted octanol–water partition coefficient (Wildman–Crippen LogP) is 6.16. The van der Waals surface area contributed by atoms with Crippen LogP contribution in [0.15, 0.2) is 78.5 Å².